The third kappa shape index (κ3) is 4.73. The summed E-state index contributed by atoms with van der Waals surface area (Å²) >= 11 is 0. The summed E-state index contributed by atoms with van der Waals surface area (Å²) in [5.41, 5.74) is -1.79. The van der Waals surface area contributed by atoms with Crippen LogP contribution in [0.5, 0.6) is 0 Å². The number of halogens is 3. The van der Waals surface area contributed by atoms with Crippen LogP contribution >= 0.6 is 0 Å². The SMILES string of the molecule is O=C(O)N1CCC(NS(=O)(=O)c2c[nH]c3c(S(=O)(=O)c4ccccc4)ccc(C(F)(F)F)c23)CC1. The molecule has 14 heteroatoms. The summed E-state index contributed by atoms with van der Waals surface area (Å²) in [6.45, 7) is 0.118. The Labute approximate surface area is 198 Å². The van der Waals surface area contributed by atoms with E-state index in [9.17, 15) is 34.8 Å². The van der Waals surface area contributed by atoms with Gasteiger partial charge < -0.3 is 15.0 Å². The number of nitrogens with one attached hydrogen (secondary N) is 2. The van der Waals surface area contributed by atoms with Crippen LogP contribution in [0.1, 0.15) is 18.4 Å². The molecule has 0 spiro atoms. The maximum atomic E-state index is 13.9. The molecule has 0 radical (unpaired) electrons. The molecule has 1 aliphatic heterocycles. The lowest BCUT2D eigenvalue weighted by Crippen LogP contribution is -2.46. The fraction of sp³-hybridized carbons (Fsp3) is 0.286. The number of amides is 1. The van der Waals surface area contributed by atoms with E-state index in [1.165, 1.54) is 24.3 Å². The van der Waals surface area contributed by atoms with E-state index in [4.69, 9.17) is 5.11 Å². The number of piperidine rings is 1. The minimum atomic E-state index is -4.97. The van der Waals surface area contributed by atoms with E-state index in [1.54, 1.807) is 6.07 Å². The van der Waals surface area contributed by atoms with E-state index in [0.29, 0.717) is 6.07 Å². The van der Waals surface area contributed by atoms with E-state index in [0.717, 1.165) is 17.2 Å². The van der Waals surface area contributed by atoms with Crippen LogP contribution in [0.15, 0.2) is 63.3 Å². The molecule has 0 saturated carbocycles. The lowest BCUT2D eigenvalue weighted by molar-refractivity contribution is -0.136. The number of fused-ring (bicyclic) bond motifs is 1. The summed E-state index contributed by atoms with van der Waals surface area (Å²) in [5.74, 6) is 0. The Morgan fingerprint density at radius 1 is 1.00 bits per heavy atom. The largest absolute Gasteiger partial charge is 0.465 e. The molecule has 3 aromatic rings. The molecule has 1 aliphatic rings. The average Bonchev–Trinajstić information content (AvgIpc) is 3.24. The number of likely N-dealkylation sites (tertiary alicyclic amines) is 1. The molecule has 1 aromatic heterocycles. The fourth-order valence-corrected chi connectivity index (χ4v) is 7.01. The van der Waals surface area contributed by atoms with Crippen LogP contribution in [0.3, 0.4) is 0 Å². The molecule has 1 fully saturated rings. The highest BCUT2D eigenvalue weighted by Gasteiger charge is 2.38. The van der Waals surface area contributed by atoms with Crippen molar-refractivity contribution < 1.29 is 39.9 Å². The summed E-state index contributed by atoms with van der Waals surface area (Å²) in [5, 5.41) is 8.25. The first-order valence-corrected chi connectivity index (χ1v) is 13.3. The summed E-state index contributed by atoms with van der Waals surface area (Å²) in [4.78, 5) is 13.2. The highest BCUT2D eigenvalue weighted by Crippen LogP contribution is 2.41. The number of sulfonamides is 1. The molecule has 1 amide bonds. The van der Waals surface area contributed by atoms with Gasteiger partial charge in [0.05, 0.1) is 20.9 Å². The highest BCUT2D eigenvalue weighted by molar-refractivity contribution is 7.91. The number of aromatic amines is 1. The maximum absolute atomic E-state index is 13.9. The summed E-state index contributed by atoms with van der Waals surface area (Å²) in [6, 6.07) is 7.70. The van der Waals surface area contributed by atoms with E-state index in [-0.39, 0.29) is 30.8 Å². The van der Waals surface area contributed by atoms with Gasteiger partial charge in [-0.25, -0.2) is 26.4 Å². The predicted octanol–water partition coefficient (Wildman–Crippen LogP) is 3.44. The Hall–Kier alpha value is -3.10. The number of carboxylic acid groups (broad SMARTS) is 1. The number of aromatic nitrogens is 1. The number of hydrogen-bond acceptors (Lipinski definition) is 5. The number of sulfone groups is 1. The molecule has 3 N–H and O–H groups in total. The van der Waals surface area contributed by atoms with Gasteiger partial charge in [-0.1, -0.05) is 18.2 Å². The Morgan fingerprint density at radius 3 is 2.20 bits per heavy atom. The van der Waals surface area contributed by atoms with Crippen molar-refractivity contribution in [3.63, 3.8) is 0 Å². The summed E-state index contributed by atoms with van der Waals surface area (Å²) < 4.78 is 96.4. The van der Waals surface area contributed by atoms with Crippen molar-refractivity contribution in [3.05, 3.63) is 54.2 Å². The van der Waals surface area contributed by atoms with Gasteiger partial charge in [0.2, 0.25) is 19.9 Å². The molecule has 0 aliphatic carbocycles. The third-order valence-electron chi connectivity index (χ3n) is 5.79. The van der Waals surface area contributed by atoms with Crippen molar-refractivity contribution in [1.29, 1.82) is 0 Å². The molecule has 188 valence electrons. The van der Waals surface area contributed by atoms with Crippen molar-refractivity contribution in [2.45, 2.75) is 39.7 Å². The van der Waals surface area contributed by atoms with Crippen LogP contribution in [0.25, 0.3) is 10.9 Å². The van der Waals surface area contributed by atoms with Crippen molar-refractivity contribution in [2.24, 2.45) is 0 Å². The van der Waals surface area contributed by atoms with Crippen LogP contribution in [0.2, 0.25) is 0 Å². The first kappa shape index (κ1) is 25.0. The van der Waals surface area contributed by atoms with Crippen LogP contribution in [-0.4, -0.2) is 57.1 Å². The quantitative estimate of drug-likeness (QED) is 0.461. The zero-order chi connectivity index (χ0) is 25.6. The zero-order valence-electron chi connectivity index (χ0n) is 17.9. The van der Waals surface area contributed by atoms with Gasteiger partial charge >= 0.3 is 12.3 Å². The number of hydrogen-bond donors (Lipinski definition) is 3. The van der Waals surface area contributed by atoms with Gasteiger partial charge in [-0.2, -0.15) is 13.2 Å². The lowest BCUT2D eigenvalue weighted by Gasteiger charge is -2.30. The van der Waals surface area contributed by atoms with Crippen LogP contribution in [0.4, 0.5) is 18.0 Å². The Balaban J connectivity index is 1.81. The zero-order valence-corrected chi connectivity index (χ0v) is 19.5. The van der Waals surface area contributed by atoms with Crippen LogP contribution in [0, 0.1) is 0 Å². The molecule has 9 nitrogen and oxygen atoms in total. The van der Waals surface area contributed by atoms with Gasteiger partial charge in [0.1, 0.15) is 4.90 Å². The minimum Gasteiger partial charge on any atom is -0.465 e. The Morgan fingerprint density at radius 2 is 1.63 bits per heavy atom. The Bertz CT molecular complexity index is 1480. The van der Waals surface area contributed by atoms with E-state index in [2.05, 4.69) is 9.71 Å². The summed E-state index contributed by atoms with van der Waals surface area (Å²) in [6.07, 6.45) is -5.02. The molecule has 0 bridgehead atoms. The van der Waals surface area contributed by atoms with Crippen molar-refractivity contribution >= 4 is 36.9 Å². The van der Waals surface area contributed by atoms with Crippen LogP contribution in [-0.2, 0) is 26.0 Å². The van der Waals surface area contributed by atoms with Crippen LogP contribution < -0.4 is 4.72 Å². The normalized spacial score (nSPS) is 16.0. The first-order valence-electron chi connectivity index (χ1n) is 10.3. The van der Waals surface area contributed by atoms with E-state index >= 15 is 0 Å². The van der Waals surface area contributed by atoms with Crippen molar-refractivity contribution in [3.8, 4) is 0 Å². The molecule has 0 atom stereocenters. The van der Waals surface area contributed by atoms with Gasteiger partial charge in [-0.05, 0) is 37.1 Å². The second-order valence-electron chi connectivity index (χ2n) is 7.99. The predicted molar refractivity (Wildman–Crippen MR) is 118 cm³/mol. The number of alkyl halides is 3. The molecular formula is C21H20F3N3O6S2. The molecular weight excluding hydrogens is 511 g/mol. The molecule has 2 aromatic carbocycles. The average molecular weight is 532 g/mol. The number of rotatable bonds is 5. The van der Waals surface area contributed by atoms with Gasteiger partial charge in [-0.15, -0.1) is 0 Å². The number of nitrogens with zero attached hydrogens (tertiary/aromatic N) is 1. The van der Waals surface area contributed by atoms with E-state index in [1.807, 2.05) is 0 Å². The van der Waals surface area contributed by atoms with Gasteiger partial charge in [0, 0.05) is 30.7 Å². The second-order valence-corrected chi connectivity index (χ2v) is 11.6. The number of H-pyrrole nitrogens is 1. The van der Waals surface area contributed by atoms with Gasteiger partial charge in [0.25, 0.3) is 0 Å². The summed E-state index contributed by atoms with van der Waals surface area (Å²) in [7, 11) is -8.81. The van der Waals surface area contributed by atoms with Gasteiger partial charge in [0.15, 0.2) is 0 Å². The minimum absolute atomic E-state index is 0.0592. The monoisotopic (exact) mass is 531 g/mol. The topological polar surface area (TPSA) is 137 Å². The van der Waals surface area contributed by atoms with Crippen molar-refractivity contribution in [1.82, 2.24) is 14.6 Å². The van der Waals surface area contributed by atoms with E-state index < -0.39 is 64.4 Å². The molecule has 2 heterocycles. The number of carbonyl (C=O) groups is 1. The number of benzene rings is 2. The fourth-order valence-electron chi connectivity index (χ4n) is 4.06. The van der Waals surface area contributed by atoms with Gasteiger partial charge in [-0.3, -0.25) is 0 Å². The molecule has 1 saturated heterocycles. The smallest absolute Gasteiger partial charge is 0.417 e. The second kappa shape index (κ2) is 8.84. The molecule has 4 rings (SSSR count). The maximum Gasteiger partial charge on any atom is 0.417 e. The third-order valence-corrected chi connectivity index (χ3v) is 9.14. The molecule has 0 unspecified atom stereocenters. The Kier molecular flexibility index (Phi) is 6.32. The highest BCUT2D eigenvalue weighted by atomic mass is 32.2. The first-order chi connectivity index (χ1) is 16.3. The lowest BCUT2D eigenvalue weighted by atomic mass is 10.1. The van der Waals surface area contributed by atoms with Crippen molar-refractivity contribution in [2.75, 3.05) is 13.1 Å². The molecule has 35 heavy (non-hydrogen) atoms. The standard InChI is InChI=1S/C21H20F3N3O6S2/c22-21(23,24)15-6-7-16(34(30,31)14-4-2-1-3-5-14)19-18(15)17(12-25-19)35(32,33)26-13-8-10-27(11-9-13)20(28)29/h1-7,12-13,25-26H,8-11H2,(H,28,29).